The van der Waals surface area contributed by atoms with Gasteiger partial charge in [-0.1, -0.05) is 20.8 Å². The SMILES string of the molecule is CC(C)(O)CC1CC[C@H]2C(O1)C(O)C1C3CC[C@H]4C(C)(C)[C@@H](OC5CN(C(=O)C6(C)COC6)CCO5)CCC45C[C@@]35CC[C@@]12C. The molecule has 254 valence electrons. The van der Waals surface area contributed by atoms with Crippen LogP contribution in [0.4, 0.5) is 0 Å². The molecule has 3 heterocycles. The third kappa shape index (κ3) is 4.47. The Morgan fingerprint density at radius 1 is 0.978 bits per heavy atom. The Kier molecular flexibility index (Phi) is 7.09. The molecule has 0 aromatic rings. The molecule has 0 aromatic carbocycles. The lowest BCUT2D eigenvalue weighted by Crippen LogP contribution is -2.59. The van der Waals surface area contributed by atoms with E-state index in [2.05, 4.69) is 20.8 Å². The van der Waals surface area contributed by atoms with Gasteiger partial charge in [-0.05, 0) is 124 Å². The van der Waals surface area contributed by atoms with Crippen molar-refractivity contribution >= 4 is 5.91 Å². The summed E-state index contributed by atoms with van der Waals surface area (Å²) in [4.78, 5) is 15.2. The number of nitrogens with zero attached hydrogens (tertiary/aromatic N) is 1. The summed E-state index contributed by atoms with van der Waals surface area (Å²) < 4.78 is 25.0. The summed E-state index contributed by atoms with van der Waals surface area (Å²) >= 11 is 0. The molecule has 2 spiro atoms. The minimum atomic E-state index is -0.750. The van der Waals surface area contributed by atoms with Crippen LogP contribution in [0, 0.1) is 50.7 Å². The average Bonchev–Trinajstić information content (AvgIpc) is 3.58. The number of amides is 1. The van der Waals surface area contributed by atoms with Crippen LogP contribution in [-0.2, 0) is 23.7 Å². The first-order chi connectivity index (χ1) is 21.1. The second-order valence-electron chi connectivity index (χ2n) is 18.8. The second-order valence-corrected chi connectivity index (χ2v) is 18.8. The molecule has 45 heavy (non-hydrogen) atoms. The maximum Gasteiger partial charge on any atom is 0.233 e. The molecular weight excluding hydrogens is 570 g/mol. The molecule has 0 radical (unpaired) electrons. The van der Waals surface area contributed by atoms with E-state index in [0.29, 0.717) is 73.8 Å². The summed E-state index contributed by atoms with van der Waals surface area (Å²) in [5, 5.41) is 22.6. The van der Waals surface area contributed by atoms with Crippen molar-refractivity contribution in [2.45, 2.75) is 142 Å². The van der Waals surface area contributed by atoms with Crippen LogP contribution >= 0.6 is 0 Å². The quantitative estimate of drug-likeness (QED) is 0.445. The van der Waals surface area contributed by atoms with Gasteiger partial charge in [0.2, 0.25) is 5.91 Å². The number of hydrogen-bond acceptors (Lipinski definition) is 7. The first kappa shape index (κ1) is 31.5. The predicted octanol–water partition coefficient (Wildman–Crippen LogP) is 4.93. The van der Waals surface area contributed by atoms with Crippen molar-refractivity contribution in [3.63, 3.8) is 0 Å². The number of carbonyl (C=O) groups is 1. The van der Waals surface area contributed by atoms with Gasteiger partial charge < -0.3 is 34.1 Å². The van der Waals surface area contributed by atoms with Gasteiger partial charge in [-0.15, -0.1) is 0 Å². The minimum absolute atomic E-state index is 0.0205. The Balaban J connectivity index is 0.970. The zero-order valence-electron chi connectivity index (χ0n) is 28.7. The van der Waals surface area contributed by atoms with Gasteiger partial charge in [0.1, 0.15) is 0 Å². The van der Waals surface area contributed by atoms with Gasteiger partial charge in [0, 0.05) is 13.0 Å². The summed E-state index contributed by atoms with van der Waals surface area (Å²) in [6, 6.07) is 0. The Labute approximate surface area is 270 Å². The van der Waals surface area contributed by atoms with Gasteiger partial charge >= 0.3 is 0 Å². The van der Waals surface area contributed by atoms with Crippen LogP contribution in [0.3, 0.4) is 0 Å². The summed E-state index contributed by atoms with van der Waals surface area (Å²) in [6.07, 6.45) is 10.4. The molecule has 8 fully saturated rings. The molecular formula is C37H59NO7. The van der Waals surface area contributed by atoms with E-state index >= 15 is 0 Å². The molecule has 0 bridgehead atoms. The van der Waals surface area contributed by atoms with Crippen molar-refractivity contribution in [3.8, 4) is 0 Å². The molecule has 8 nitrogen and oxygen atoms in total. The van der Waals surface area contributed by atoms with Crippen LogP contribution in [0.2, 0.25) is 0 Å². The van der Waals surface area contributed by atoms with Gasteiger partial charge in [-0.25, -0.2) is 0 Å². The third-order valence-corrected chi connectivity index (χ3v) is 15.3. The molecule has 7 unspecified atom stereocenters. The van der Waals surface area contributed by atoms with E-state index in [-0.39, 0.29) is 41.3 Å². The summed E-state index contributed by atoms with van der Waals surface area (Å²) in [5.41, 5.74) is -0.300. The lowest BCUT2D eigenvalue weighted by molar-refractivity contribution is -0.247. The highest BCUT2D eigenvalue weighted by atomic mass is 16.7. The average molecular weight is 630 g/mol. The molecule has 5 saturated carbocycles. The number of carbonyl (C=O) groups excluding carboxylic acids is 1. The molecule has 2 N–H and O–H groups in total. The summed E-state index contributed by atoms with van der Waals surface area (Å²) in [5.74, 6) is 2.06. The van der Waals surface area contributed by atoms with Crippen molar-refractivity contribution in [2.24, 2.45) is 50.7 Å². The molecule has 12 atom stereocenters. The molecule has 5 aliphatic carbocycles. The maximum absolute atomic E-state index is 13.2. The zero-order valence-corrected chi connectivity index (χ0v) is 28.7. The molecule has 1 amide bonds. The number of fused-ring (bicyclic) bond motifs is 4. The number of rotatable bonds is 5. The normalized spacial score (nSPS) is 51.1. The molecule has 8 aliphatic rings. The van der Waals surface area contributed by atoms with Crippen molar-refractivity contribution in [2.75, 3.05) is 32.9 Å². The van der Waals surface area contributed by atoms with E-state index < -0.39 is 17.1 Å². The Bertz CT molecular complexity index is 1200. The Morgan fingerprint density at radius 3 is 2.44 bits per heavy atom. The van der Waals surface area contributed by atoms with Crippen molar-refractivity contribution in [3.05, 3.63) is 0 Å². The number of aliphatic hydroxyl groups excluding tert-OH is 1. The van der Waals surface area contributed by atoms with Crippen LogP contribution in [0.25, 0.3) is 0 Å². The van der Waals surface area contributed by atoms with Gasteiger partial charge in [0.05, 0.1) is 61.8 Å². The highest BCUT2D eigenvalue weighted by Gasteiger charge is 2.81. The maximum atomic E-state index is 13.2. The fraction of sp³-hybridized carbons (Fsp3) is 0.973. The Morgan fingerprint density at radius 2 is 1.73 bits per heavy atom. The third-order valence-electron chi connectivity index (χ3n) is 15.3. The lowest BCUT2D eigenvalue weighted by Gasteiger charge is -2.60. The Hall–Kier alpha value is -0.770. The van der Waals surface area contributed by atoms with E-state index in [0.717, 1.165) is 19.3 Å². The first-order valence-corrected chi connectivity index (χ1v) is 18.3. The minimum Gasteiger partial charge on any atom is -0.390 e. The summed E-state index contributed by atoms with van der Waals surface area (Å²) in [6.45, 7) is 15.8. The second kappa shape index (κ2) is 10.1. The van der Waals surface area contributed by atoms with Crippen LogP contribution in [0.1, 0.15) is 106 Å². The van der Waals surface area contributed by atoms with Gasteiger partial charge in [0.25, 0.3) is 0 Å². The highest BCUT2D eigenvalue weighted by molar-refractivity contribution is 5.83. The van der Waals surface area contributed by atoms with Gasteiger partial charge in [-0.2, -0.15) is 0 Å². The topological polar surface area (TPSA) is 97.7 Å². The fourth-order valence-corrected chi connectivity index (χ4v) is 13.3. The van der Waals surface area contributed by atoms with Crippen LogP contribution in [0.5, 0.6) is 0 Å². The lowest BCUT2D eigenvalue weighted by atomic mass is 9.46. The molecule has 3 aliphatic heterocycles. The standard InChI is InChI=1S/C37H59NO7/c1-32(2,41)17-22-7-8-24-30(44-22)29(39)28-23-9-10-25-33(3,4)26(11-12-37(25)19-36(23,37)14-13-35(24,28)6)45-27-18-38(15-16-43-27)31(40)34(5)20-42-21-34/h22-30,39,41H,7-21H2,1-6H3/t22?,23?,24-,25-,26-,27?,28?,29?,30?,35+,36-,37?/m0/s1. The highest BCUT2D eigenvalue weighted by Crippen LogP contribution is 2.87. The fourth-order valence-electron chi connectivity index (χ4n) is 13.3. The first-order valence-electron chi connectivity index (χ1n) is 18.3. The smallest absolute Gasteiger partial charge is 0.233 e. The van der Waals surface area contributed by atoms with E-state index in [9.17, 15) is 15.0 Å². The number of morpholine rings is 1. The zero-order chi connectivity index (χ0) is 31.8. The van der Waals surface area contributed by atoms with Gasteiger partial charge in [-0.3, -0.25) is 4.79 Å². The van der Waals surface area contributed by atoms with Crippen molar-refractivity contribution in [1.29, 1.82) is 0 Å². The molecule has 8 rings (SSSR count). The van der Waals surface area contributed by atoms with Crippen LogP contribution in [0.15, 0.2) is 0 Å². The molecule has 0 aromatic heterocycles. The van der Waals surface area contributed by atoms with Crippen LogP contribution in [-0.4, -0.2) is 90.2 Å². The largest absolute Gasteiger partial charge is 0.390 e. The van der Waals surface area contributed by atoms with E-state index in [1.54, 1.807) is 0 Å². The number of hydrogen-bond donors (Lipinski definition) is 2. The number of ether oxygens (including phenoxy) is 4. The van der Waals surface area contributed by atoms with Crippen LogP contribution < -0.4 is 0 Å². The van der Waals surface area contributed by atoms with E-state index in [1.807, 2.05) is 25.7 Å². The van der Waals surface area contributed by atoms with Gasteiger partial charge in [0.15, 0.2) is 6.29 Å². The van der Waals surface area contributed by atoms with E-state index in [4.69, 9.17) is 18.9 Å². The predicted molar refractivity (Wildman–Crippen MR) is 168 cm³/mol. The monoisotopic (exact) mass is 629 g/mol. The van der Waals surface area contributed by atoms with Crippen molar-refractivity contribution in [1.82, 2.24) is 4.90 Å². The molecule has 8 heteroatoms. The van der Waals surface area contributed by atoms with Crippen molar-refractivity contribution < 1.29 is 34.0 Å². The van der Waals surface area contributed by atoms with E-state index in [1.165, 1.54) is 38.5 Å². The number of aliphatic hydroxyl groups is 2. The summed E-state index contributed by atoms with van der Waals surface area (Å²) in [7, 11) is 0. The molecule has 3 saturated heterocycles.